The van der Waals surface area contributed by atoms with Gasteiger partial charge in [0.25, 0.3) is 5.91 Å². The van der Waals surface area contributed by atoms with Gasteiger partial charge in [0.15, 0.2) is 17.2 Å². The summed E-state index contributed by atoms with van der Waals surface area (Å²) in [7, 11) is 3.02. The molecule has 2 atom stereocenters. The number of ether oxygens (including phenoxy) is 3. The highest BCUT2D eigenvalue weighted by Crippen LogP contribution is 2.24. The minimum Gasteiger partial charge on any atom is -0.481 e. The molecule has 2 rings (SSSR count). The highest BCUT2D eigenvalue weighted by Gasteiger charge is 2.31. The molecule has 1 aromatic heterocycles. The molecule has 1 amide bonds. The molecule has 1 fully saturated rings. The Balaban J connectivity index is 2.55. The molecular weight excluding hydrogens is 452 g/mol. The fraction of sp³-hybridized carbons (Fsp3) is 0.600. The number of nitrogens with zero attached hydrogens (tertiary/aromatic N) is 4. The molecule has 14 heteroatoms. The van der Waals surface area contributed by atoms with Gasteiger partial charge in [-0.25, -0.2) is 14.8 Å². The van der Waals surface area contributed by atoms with Crippen LogP contribution in [0.5, 0.6) is 0 Å². The smallest absolute Gasteiger partial charge is 0.326 e. The monoisotopic (exact) mass is 480 g/mol. The van der Waals surface area contributed by atoms with Crippen LogP contribution in [0.4, 0.5) is 5.82 Å². The summed E-state index contributed by atoms with van der Waals surface area (Å²) in [5.41, 5.74) is -0.199. The van der Waals surface area contributed by atoms with Crippen molar-refractivity contribution in [1.82, 2.24) is 20.6 Å². The summed E-state index contributed by atoms with van der Waals surface area (Å²) in [5, 5.41) is 33.4. The fourth-order valence-electron chi connectivity index (χ4n) is 3.21. The van der Waals surface area contributed by atoms with Crippen LogP contribution in [0.3, 0.4) is 0 Å². The highest BCUT2D eigenvalue weighted by molar-refractivity contribution is 5.97. The number of rotatable bonds is 13. The molecule has 1 aliphatic rings. The molecular formula is C20H28N6O8. The lowest BCUT2D eigenvalue weighted by Crippen LogP contribution is -2.44. The zero-order valence-corrected chi connectivity index (χ0v) is 18.9. The first kappa shape index (κ1) is 26.9. The first-order valence-electron chi connectivity index (χ1n) is 10.4. The van der Waals surface area contributed by atoms with Gasteiger partial charge in [-0.2, -0.15) is 5.26 Å². The third kappa shape index (κ3) is 7.32. The lowest BCUT2D eigenvalue weighted by atomic mass is 10.1. The summed E-state index contributed by atoms with van der Waals surface area (Å²) in [6, 6.07) is -0.283. The van der Waals surface area contributed by atoms with Crippen molar-refractivity contribution < 1.29 is 38.8 Å². The summed E-state index contributed by atoms with van der Waals surface area (Å²) >= 11 is 0. The van der Waals surface area contributed by atoms with E-state index in [-0.39, 0.29) is 42.7 Å². The van der Waals surface area contributed by atoms with Crippen LogP contribution >= 0.6 is 0 Å². The van der Waals surface area contributed by atoms with Crippen molar-refractivity contribution in [3.05, 3.63) is 17.1 Å². The van der Waals surface area contributed by atoms with Crippen LogP contribution in [0, 0.1) is 11.3 Å². The number of amides is 1. The number of carboxylic acid groups (broad SMARTS) is 2. The standard InChI is InChI=1S/C20H28N6O8/c1-32-7-4-26(5-8-33-2)18-13(10-21)23-16(14-11-34-6-3-22-14)17(25-18)19(29)24-12(20(30)31)9-15(27)28/h12,14,22H,3-9,11H2,1-2H3,(H,24,29)(H,27,28)(H,30,31). The van der Waals surface area contributed by atoms with Crippen molar-refractivity contribution in [2.75, 3.05) is 65.2 Å². The Labute approximate surface area is 195 Å². The van der Waals surface area contributed by atoms with Crippen molar-refractivity contribution >= 4 is 23.7 Å². The molecule has 1 aromatic rings. The Bertz CT molecular complexity index is 907. The number of carboxylic acids is 2. The number of anilines is 1. The number of nitrogens with one attached hydrogen (secondary N) is 2. The number of aromatic nitrogens is 2. The molecule has 1 saturated heterocycles. The Morgan fingerprint density at radius 2 is 1.94 bits per heavy atom. The van der Waals surface area contributed by atoms with Gasteiger partial charge in [-0.3, -0.25) is 9.59 Å². The van der Waals surface area contributed by atoms with Gasteiger partial charge in [0.2, 0.25) is 0 Å². The molecule has 0 saturated carbocycles. The summed E-state index contributed by atoms with van der Waals surface area (Å²) in [5.74, 6) is -3.76. The highest BCUT2D eigenvalue weighted by atomic mass is 16.5. The van der Waals surface area contributed by atoms with E-state index in [1.54, 1.807) is 4.90 Å². The SMILES string of the molecule is COCCN(CCOC)c1nc(C(=O)NC(CC(=O)O)C(=O)O)c(C2COCCN2)nc1C#N. The molecule has 34 heavy (non-hydrogen) atoms. The van der Waals surface area contributed by atoms with E-state index in [0.717, 1.165) is 0 Å². The summed E-state index contributed by atoms with van der Waals surface area (Å²) in [6.45, 7) is 2.25. The number of carbonyl (C=O) groups excluding carboxylic acids is 1. The molecule has 0 bridgehead atoms. The second kappa shape index (κ2) is 13.4. The van der Waals surface area contributed by atoms with E-state index in [9.17, 15) is 24.8 Å². The van der Waals surface area contributed by atoms with Crippen LogP contribution in [0.25, 0.3) is 0 Å². The van der Waals surface area contributed by atoms with Gasteiger partial charge in [0, 0.05) is 33.9 Å². The Kier molecular flexibility index (Phi) is 10.6. The van der Waals surface area contributed by atoms with Gasteiger partial charge in [0.1, 0.15) is 12.1 Å². The second-order valence-corrected chi connectivity index (χ2v) is 7.26. The predicted molar refractivity (Wildman–Crippen MR) is 115 cm³/mol. The zero-order valence-electron chi connectivity index (χ0n) is 18.9. The van der Waals surface area contributed by atoms with Gasteiger partial charge in [-0.1, -0.05) is 0 Å². The van der Waals surface area contributed by atoms with E-state index in [4.69, 9.17) is 19.3 Å². The summed E-state index contributed by atoms with van der Waals surface area (Å²) < 4.78 is 15.7. The van der Waals surface area contributed by atoms with E-state index < -0.39 is 36.4 Å². The first-order valence-corrected chi connectivity index (χ1v) is 10.4. The number of carbonyl (C=O) groups is 3. The van der Waals surface area contributed by atoms with Crippen LogP contribution in [-0.2, 0) is 23.8 Å². The molecule has 2 heterocycles. The van der Waals surface area contributed by atoms with Crippen LogP contribution in [0.1, 0.15) is 34.3 Å². The minimum absolute atomic E-state index is 0.0496. The van der Waals surface area contributed by atoms with Gasteiger partial charge < -0.3 is 40.0 Å². The molecule has 0 aromatic carbocycles. The van der Waals surface area contributed by atoms with Crippen molar-refractivity contribution in [3.8, 4) is 6.07 Å². The maximum atomic E-state index is 13.1. The number of nitriles is 1. The topological polar surface area (TPSA) is 196 Å². The van der Waals surface area contributed by atoms with Crippen molar-refractivity contribution in [1.29, 1.82) is 5.26 Å². The average Bonchev–Trinajstić information content (AvgIpc) is 2.83. The van der Waals surface area contributed by atoms with Crippen LogP contribution in [-0.4, -0.2) is 104 Å². The number of morpholine rings is 1. The third-order valence-electron chi connectivity index (χ3n) is 4.89. The number of aliphatic carboxylic acids is 2. The lowest BCUT2D eigenvalue weighted by Gasteiger charge is -2.28. The van der Waals surface area contributed by atoms with Crippen molar-refractivity contribution in [3.63, 3.8) is 0 Å². The molecule has 0 spiro atoms. The van der Waals surface area contributed by atoms with E-state index in [2.05, 4.69) is 20.6 Å². The number of hydrogen-bond donors (Lipinski definition) is 4. The van der Waals surface area contributed by atoms with Crippen molar-refractivity contribution in [2.24, 2.45) is 0 Å². The van der Waals surface area contributed by atoms with Gasteiger partial charge >= 0.3 is 11.9 Å². The maximum absolute atomic E-state index is 13.1. The molecule has 0 radical (unpaired) electrons. The van der Waals surface area contributed by atoms with Gasteiger partial charge in [-0.05, 0) is 0 Å². The van der Waals surface area contributed by atoms with E-state index >= 15 is 0 Å². The molecule has 1 aliphatic heterocycles. The lowest BCUT2D eigenvalue weighted by molar-refractivity contribution is -0.145. The molecule has 0 aliphatic carbocycles. The molecule has 2 unspecified atom stereocenters. The Hall–Kier alpha value is -3.38. The Morgan fingerprint density at radius 3 is 2.44 bits per heavy atom. The van der Waals surface area contributed by atoms with Crippen LogP contribution < -0.4 is 15.5 Å². The zero-order chi connectivity index (χ0) is 25.1. The molecule has 14 nitrogen and oxygen atoms in total. The van der Waals surface area contributed by atoms with E-state index in [1.165, 1.54) is 14.2 Å². The Morgan fingerprint density at radius 1 is 1.26 bits per heavy atom. The van der Waals surface area contributed by atoms with Crippen LogP contribution in [0.2, 0.25) is 0 Å². The van der Waals surface area contributed by atoms with Gasteiger partial charge in [0.05, 0.1) is 44.6 Å². The number of hydrogen-bond acceptors (Lipinski definition) is 11. The minimum atomic E-state index is -1.69. The predicted octanol–water partition coefficient (Wildman–Crippen LogP) is -1.23. The molecule has 4 N–H and O–H groups in total. The maximum Gasteiger partial charge on any atom is 0.326 e. The normalized spacial score (nSPS) is 16.3. The third-order valence-corrected chi connectivity index (χ3v) is 4.89. The van der Waals surface area contributed by atoms with E-state index in [0.29, 0.717) is 26.2 Å². The van der Waals surface area contributed by atoms with Gasteiger partial charge in [-0.15, -0.1) is 0 Å². The summed E-state index contributed by atoms with van der Waals surface area (Å²) in [6.07, 6.45) is -0.828. The fourth-order valence-corrected chi connectivity index (χ4v) is 3.21. The second-order valence-electron chi connectivity index (χ2n) is 7.26. The average molecular weight is 480 g/mol. The quantitative estimate of drug-likeness (QED) is 0.262. The van der Waals surface area contributed by atoms with Crippen LogP contribution in [0.15, 0.2) is 0 Å². The van der Waals surface area contributed by atoms with Crippen molar-refractivity contribution in [2.45, 2.75) is 18.5 Å². The number of methoxy groups -OCH3 is 2. The summed E-state index contributed by atoms with van der Waals surface area (Å²) in [4.78, 5) is 46.1. The van der Waals surface area contributed by atoms with E-state index in [1.807, 2.05) is 6.07 Å². The largest absolute Gasteiger partial charge is 0.481 e. The first-order chi connectivity index (χ1) is 16.3. The molecule has 186 valence electrons.